The summed E-state index contributed by atoms with van der Waals surface area (Å²) in [6, 6.07) is 9.75. The summed E-state index contributed by atoms with van der Waals surface area (Å²) in [5, 5.41) is 9.89. The van der Waals surface area contributed by atoms with E-state index in [1.165, 1.54) is 31.5 Å². The van der Waals surface area contributed by atoms with Gasteiger partial charge in [0.25, 0.3) is 0 Å². The first-order chi connectivity index (χ1) is 12.9. The topological polar surface area (TPSA) is 75.6 Å². The highest BCUT2D eigenvalue weighted by Crippen LogP contribution is 2.44. The molecule has 1 amide bonds. The molecule has 138 valence electrons. The molecule has 0 aliphatic carbocycles. The molecule has 2 aromatic carbocycles. The second-order valence-corrected chi connectivity index (χ2v) is 6.22. The largest absolute Gasteiger partial charge is 0.483 e. The third kappa shape index (κ3) is 2.87. The van der Waals surface area contributed by atoms with Crippen molar-refractivity contribution in [1.29, 1.82) is 0 Å². The standard InChI is InChI=1S/C19H15F2N3O3/c1-11(25)13-5-3-7-15-17(13)27-19(20,21)18(26)24(15)10-12-4-2-6-14-16(12)23-9-8-22-14/h2-9,11,25H,10H2,1H3/t11-/m0/s1. The van der Waals surface area contributed by atoms with Gasteiger partial charge in [0.2, 0.25) is 0 Å². The normalized spacial score (nSPS) is 16.7. The Labute approximate surface area is 153 Å². The number of halogens is 2. The third-order valence-corrected chi connectivity index (χ3v) is 4.40. The molecule has 0 saturated heterocycles. The number of hydrogen-bond acceptors (Lipinski definition) is 5. The Morgan fingerprint density at radius 1 is 1.19 bits per heavy atom. The predicted octanol–water partition coefficient (Wildman–Crippen LogP) is 3.20. The van der Waals surface area contributed by atoms with E-state index in [2.05, 4.69) is 14.7 Å². The number of anilines is 1. The van der Waals surface area contributed by atoms with E-state index in [4.69, 9.17) is 0 Å². The highest BCUT2D eigenvalue weighted by atomic mass is 19.3. The number of alkyl halides is 2. The summed E-state index contributed by atoms with van der Waals surface area (Å²) in [6.07, 6.45) is -2.03. The van der Waals surface area contributed by atoms with Crippen LogP contribution in [0.4, 0.5) is 14.5 Å². The van der Waals surface area contributed by atoms with Gasteiger partial charge >= 0.3 is 12.0 Å². The lowest BCUT2D eigenvalue weighted by Gasteiger charge is -2.35. The van der Waals surface area contributed by atoms with E-state index in [0.29, 0.717) is 16.6 Å². The summed E-state index contributed by atoms with van der Waals surface area (Å²) >= 11 is 0. The van der Waals surface area contributed by atoms with E-state index in [-0.39, 0.29) is 23.5 Å². The van der Waals surface area contributed by atoms with E-state index in [1.807, 2.05) is 0 Å². The number of fused-ring (bicyclic) bond motifs is 2. The number of amides is 1. The van der Waals surface area contributed by atoms with Gasteiger partial charge in [0.15, 0.2) is 5.75 Å². The van der Waals surface area contributed by atoms with Crippen LogP contribution in [0.15, 0.2) is 48.8 Å². The van der Waals surface area contributed by atoms with Gasteiger partial charge in [0.1, 0.15) is 0 Å². The molecule has 1 aliphatic rings. The average molecular weight is 371 g/mol. The zero-order valence-electron chi connectivity index (χ0n) is 14.3. The van der Waals surface area contributed by atoms with Crippen LogP contribution in [-0.4, -0.2) is 27.1 Å². The number of aromatic nitrogens is 2. The minimum Gasteiger partial charge on any atom is -0.423 e. The Balaban J connectivity index is 1.85. The molecule has 0 fully saturated rings. The van der Waals surface area contributed by atoms with Crippen LogP contribution in [0.1, 0.15) is 24.2 Å². The number of nitrogens with zero attached hydrogens (tertiary/aromatic N) is 3. The maximum Gasteiger partial charge on any atom is 0.483 e. The van der Waals surface area contributed by atoms with Gasteiger partial charge in [0, 0.05) is 18.0 Å². The van der Waals surface area contributed by atoms with Crippen molar-refractivity contribution in [3.8, 4) is 5.75 Å². The highest BCUT2D eigenvalue weighted by Gasteiger charge is 2.51. The van der Waals surface area contributed by atoms with Gasteiger partial charge < -0.3 is 9.84 Å². The quantitative estimate of drug-likeness (QED) is 0.765. The second kappa shape index (κ2) is 6.24. The van der Waals surface area contributed by atoms with Crippen LogP contribution in [-0.2, 0) is 11.3 Å². The zero-order valence-corrected chi connectivity index (χ0v) is 14.3. The van der Waals surface area contributed by atoms with Gasteiger partial charge in [-0.2, -0.15) is 8.78 Å². The Kier molecular flexibility index (Phi) is 4.00. The fourth-order valence-corrected chi connectivity index (χ4v) is 3.14. The van der Waals surface area contributed by atoms with Crippen LogP contribution in [0, 0.1) is 0 Å². The summed E-state index contributed by atoms with van der Waals surface area (Å²) in [4.78, 5) is 21.8. The molecule has 0 unspecified atom stereocenters. The van der Waals surface area contributed by atoms with Crippen LogP contribution < -0.4 is 9.64 Å². The number of para-hydroxylation sites is 2. The molecule has 27 heavy (non-hydrogen) atoms. The van der Waals surface area contributed by atoms with E-state index < -0.39 is 18.1 Å². The van der Waals surface area contributed by atoms with Crippen molar-refractivity contribution >= 4 is 22.6 Å². The van der Waals surface area contributed by atoms with Crippen LogP contribution in [0.3, 0.4) is 0 Å². The molecule has 0 saturated carbocycles. The molecule has 1 aromatic heterocycles. The second-order valence-electron chi connectivity index (χ2n) is 6.22. The molecule has 0 bridgehead atoms. The fraction of sp³-hybridized carbons (Fsp3) is 0.211. The first-order valence-electron chi connectivity index (χ1n) is 8.27. The maximum absolute atomic E-state index is 14.3. The Morgan fingerprint density at radius 2 is 1.93 bits per heavy atom. The number of benzene rings is 2. The number of hydrogen-bond donors (Lipinski definition) is 1. The summed E-state index contributed by atoms with van der Waals surface area (Å²) in [7, 11) is 0. The van der Waals surface area contributed by atoms with Crippen molar-refractivity contribution in [2.75, 3.05) is 4.90 Å². The van der Waals surface area contributed by atoms with Gasteiger partial charge in [-0.1, -0.05) is 24.3 Å². The smallest absolute Gasteiger partial charge is 0.423 e. The highest BCUT2D eigenvalue weighted by molar-refractivity contribution is 6.01. The molecule has 0 spiro atoms. The van der Waals surface area contributed by atoms with Crippen LogP contribution in [0.5, 0.6) is 5.75 Å². The summed E-state index contributed by atoms with van der Waals surface area (Å²) in [6.45, 7) is 1.31. The molecule has 3 aromatic rings. The van der Waals surface area contributed by atoms with Gasteiger partial charge in [-0.05, 0) is 24.6 Å². The lowest BCUT2D eigenvalue weighted by molar-refractivity contribution is -0.193. The number of aliphatic hydroxyl groups is 1. The number of aliphatic hydroxyl groups excluding tert-OH is 1. The molecular weight excluding hydrogens is 356 g/mol. The Morgan fingerprint density at radius 3 is 2.70 bits per heavy atom. The van der Waals surface area contributed by atoms with E-state index in [9.17, 15) is 18.7 Å². The van der Waals surface area contributed by atoms with Crippen molar-refractivity contribution < 1.29 is 23.4 Å². The number of carbonyl (C=O) groups is 1. The Hall–Kier alpha value is -3.13. The molecule has 8 heteroatoms. The van der Waals surface area contributed by atoms with Crippen molar-refractivity contribution in [2.45, 2.75) is 25.7 Å². The molecule has 4 rings (SSSR count). The van der Waals surface area contributed by atoms with Crippen molar-refractivity contribution in [3.05, 3.63) is 59.9 Å². The number of ether oxygens (including phenoxy) is 1. The summed E-state index contributed by atoms with van der Waals surface area (Å²) in [5.74, 6) is -1.68. The maximum atomic E-state index is 14.3. The van der Waals surface area contributed by atoms with Crippen molar-refractivity contribution in [2.24, 2.45) is 0 Å². The average Bonchev–Trinajstić information content (AvgIpc) is 2.65. The summed E-state index contributed by atoms with van der Waals surface area (Å²) in [5.41, 5.74) is 2.05. The minimum absolute atomic E-state index is 0.135. The minimum atomic E-state index is -4.03. The first kappa shape index (κ1) is 17.3. The molecule has 6 nitrogen and oxygen atoms in total. The van der Waals surface area contributed by atoms with Crippen molar-refractivity contribution in [3.63, 3.8) is 0 Å². The van der Waals surface area contributed by atoms with Gasteiger partial charge in [0.05, 0.1) is 29.4 Å². The van der Waals surface area contributed by atoms with Gasteiger partial charge in [-0.25, -0.2) is 0 Å². The molecule has 1 aliphatic heterocycles. The first-order valence-corrected chi connectivity index (χ1v) is 8.27. The molecule has 2 heterocycles. The van der Waals surface area contributed by atoms with Crippen LogP contribution >= 0.6 is 0 Å². The SMILES string of the molecule is C[C@H](O)c1cccc2c1OC(F)(F)C(=O)N2Cc1cccc2nccnc12. The third-order valence-electron chi connectivity index (χ3n) is 4.40. The summed E-state index contributed by atoms with van der Waals surface area (Å²) < 4.78 is 33.2. The van der Waals surface area contributed by atoms with Gasteiger partial charge in [-0.3, -0.25) is 19.7 Å². The number of rotatable bonds is 3. The van der Waals surface area contributed by atoms with Gasteiger partial charge in [-0.15, -0.1) is 0 Å². The fourth-order valence-electron chi connectivity index (χ4n) is 3.14. The molecule has 1 N–H and O–H groups in total. The Bertz CT molecular complexity index is 1030. The monoisotopic (exact) mass is 371 g/mol. The van der Waals surface area contributed by atoms with Crippen LogP contribution in [0.25, 0.3) is 11.0 Å². The lowest BCUT2D eigenvalue weighted by Crippen LogP contribution is -2.50. The van der Waals surface area contributed by atoms with E-state index >= 15 is 0 Å². The lowest BCUT2D eigenvalue weighted by atomic mass is 10.0. The molecular formula is C19H15F2N3O3. The molecule has 1 atom stereocenters. The molecule has 0 radical (unpaired) electrons. The zero-order chi connectivity index (χ0) is 19.2. The number of carbonyl (C=O) groups excluding carboxylic acids is 1. The van der Waals surface area contributed by atoms with Crippen molar-refractivity contribution in [1.82, 2.24) is 9.97 Å². The van der Waals surface area contributed by atoms with E-state index in [1.54, 1.807) is 24.3 Å². The van der Waals surface area contributed by atoms with E-state index in [0.717, 1.165) is 4.90 Å². The van der Waals surface area contributed by atoms with Crippen LogP contribution in [0.2, 0.25) is 0 Å². The predicted molar refractivity (Wildman–Crippen MR) is 93.4 cm³/mol.